The van der Waals surface area contributed by atoms with Crippen LogP contribution in [0.1, 0.15) is 10.5 Å². The number of aromatic amines is 1. The number of rotatable bonds is 6. The zero-order valence-electron chi connectivity index (χ0n) is 12.1. The fourth-order valence-electron chi connectivity index (χ4n) is 2.14. The third-order valence-corrected chi connectivity index (χ3v) is 3.06. The van der Waals surface area contributed by atoms with E-state index in [1.807, 2.05) is 0 Å². The number of nitrogens with one attached hydrogen (secondary N) is 1. The molecule has 1 aromatic heterocycles. The third kappa shape index (κ3) is 4.26. The molecule has 124 valence electrons. The number of aliphatic hydroxyl groups is 1. The number of aromatic nitrogens is 1. The van der Waals surface area contributed by atoms with Crippen LogP contribution in [-0.4, -0.2) is 47.0 Å². The van der Waals surface area contributed by atoms with Crippen LogP contribution in [0.25, 0.3) is 10.9 Å². The number of alkyl halides is 3. The van der Waals surface area contributed by atoms with Crippen LogP contribution in [0.15, 0.2) is 36.9 Å². The van der Waals surface area contributed by atoms with E-state index in [1.54, 1.807) is 0 Å². The van der Waals surface area contributed by atoms with Crippen molar-refractivity contribution in [3.8, 4) is 5.75 Å². The highest BCUT2D eigenvalue weighted by Crippen LogP contribution is 2.27. The van der Waals surface area contributed by atoms with E-state index < -0.39 is 6.36 Å². The second-order valence-electron chi connectivity index (χ2n) is 4.74. The number of fused-ring (bicyclic) bond motifs is 1. The molecule has 0 bridgehead atoms. The van der Waals surface area contributed by atoms with Crippen LogP contribution in [0, 0.1) is 0 Å². The molecular formula is C15H15F3N2O3. The molecule has 0 aliphatic rings. The van der Waals surface area contributed by atoms with E-state index in [0.717, 1.165) is 0 Å². The molecule has 0 saturated carbocycles. The summed E-state index contributed by atoms with van der Waals surface area (Å²) in [4.78, 5) is 16.5. The molecule has 23 heavy (non-hydrogen) atoms. The normalized spacial score (nSPS) is 11.5. The molecule has 0 unspecified atom stereocenters. The Labute approximate surface area is 130 Å². The number of H-pyrrole nitrogens is 1. The number of carbonyl (C=O) groups excluding carboxylic acids is 1. The average Bonchev–Trinajstić information content (AvgIpc) is 2.87. The monoisotopic (exact) mass is 328 g/mol. The van der Waals surface area contributed by atoms with Crippen molar-refractivity contribution in [1.82, 2.24) is 9.88 Å². The van der Waals surface area contributed by atoms with Gasteiger partial charge in [-0.25, -0.2) is 0 Å². The molecular weight excluding hydrogens is 313 g/mol. The van der Waals surface area contributed by atoms with Crippen molar-refractivity contribution in [3.63, 3.8) is 0 Å². The number of carbonyl (C=O) groups is 1. The van der Waals surface area contributed by atoms with Gasteiger partial charge in [-0.05, 0) is 18.2 Å². The first-order chi connectivity index (χ1) is 10.8. The van der Waals surface area contributed by atoms with Gasteiger partial charge in [0.2, 0.25) is 0 Å². The topological polar surface area (TPSA) is 65.6 Å². The van der Waals surface area contributed by atoms with Gasteiger partial charge < -0.3 is 19.7 Å². The standard InChI is InChI=1S/C15H15F3N2O3/c1-2-5-20(6-7-21)14(22)13-8-10-3-4-11(9-12(10)19-13)23-15(16,17)18/h2-4,8-9,19,21H,1,5-7H2. The summed E-state index contributed by atoms with van der Waals surface area (Å²) in [6, 6.07) is 5.30. The fourth-order valence-corrected chi connectivity index (χ4v) is 2.14. The summed E-state index contributed by atoms with van der Waals surface area (Å²) in [6.07, 6.45) is -3.26. The zero-order valence-corrected chi connectivity index (χ0v) is 12.1. The second-order valence-corrected chi connectivity index (χ2v) is 4.74. The molecule has 0 atom stereocenters. The maximum atomic E-state index is 12.3. The van der Waals surface area contributed by atoms with E-state index in [9.17, 15) is 18.0 Å². The molecule has 5 nitrogen and oxygen atoms in total. The van der Waals surface area contributed by atoms with Gasteiger partial charge >= 0.3 is 6.36 Å². The fraction of sp³-hybridized carbons (Fsp3) is 0.267. The van der Waals surface area contributed by atoms with Crippen LogP contribution in [0.2, 0.25) is 0 Å². The average molecular weight is 328 g/mol. The minimum Gasteiger partial charge on any atom is -0.406 e. The predicted molar refractivity (Wildman–Crippen MR) is 78.2 cm³/mol. The number of ether oxygens (including phenoxy) is 1. The van der Waals surface area contributed by atoms with Crippen molar-refractivity contribution in [3.05, 3.63) is 42.6 Å². The number of hydrogen-bond donors (Lipinski definition) is 2. The Morgan fingerprint density at radius 3 is 2.74 bits per heavy atom. The van der Waals surface area contributed by atoms with Gasteiger partial charge in [-0.15, -0.1) is 19.8 Å². The summed E-state index contributed by atoms with van der Waals surface area (Å²) >= 11 is 0. The lowest BCUT2D eigenvalue weighted by atomic mass is 10.2. The van der Waals surface area contributed by atoms with Gasteiger partial charge in [-0.2, -0.15) is 0 Å². The smallest absolute Gasteiger partial charge is 0.406 e. The minimum atomic E-state index is -4.78. The predicted octanol–water partition coefficient (Wildman–Crippen LogP) is 2.69. The zero-order chi connectivity index (χ0) is 17.0. The van der Waals surface area contributed by atoms with Gasteiger partial charge in [0.25, 0.3) is 5.91 Å². The molecule has 1 amide bonds. The summed E-state index contributed by atoms with van der Waals surface area (Å²) in [7, 11) is 0. The van der Waals surface area contributed by atoms with Crippen molar-refractivity contribution in [2.75, 3.05) is 19.7 Å². The van der Waals surface area contributed by atoms with Crippen LogP contribution in [0.5, 0.6) is 5.75 Å². The van der Waals surface area contributed by atoms with Crippen LogP contribution in [0.4, 0.5) is 13.2 Å². The van der Waals surface area contributed by atoms with Gasteiger partial charge in [0, 0.05) is 30.1 Å². The summed E-state index contributed by atoms with van der Waals surface area (Å²) in [5.74, 6) is -0.752. The van der Waals surface area contributed by atoms with Crippen LogP contribution in [-0.2, 0) is 0 Å². The van der Waals surface area contributed by atoms with Crippen LogP contribution in [0.3, 0.4) is 0 Å². The molecule has 8 heteroatoms. The highest BCUT2D eigenvalue weighted by molar-refractivity contribution is 5.98. The van der Waals surface area contributed by atoms with Gasteiger partial charge in [0.1, 0.15) is 11.4 Å². The molecule has 0 saturated heterocycles. The first-order valence-corrected chi connectivity index (χ1v) is 6.73. The lowest BCUT2D eigenvalue weighted by molar-refractivity contribution is -0.274. The lowest BCUT2D eigenvalue weighted by Gasteiger charge is -2.18. The SMILES string of the molecule is C=CCN(CCO)C(=O)c1cc2ccc(OC(F)(F)F)cc2[nH]1. The number of halogens is 3. The van der Waals surface area contributed by atoms with E-state index in [0.29, 0.717) is 10.9 Å². The summed E-state index contributed by atoms with van der Waals surface area (Å²) in [5, 5.41) is 9.56. The van der Waals surface area contributed by atoms with Crippen molar-refractivity contribution in [2.45, 2.75) is 6.36 Å². The van der Waals surface area contributed by atoms with Gasteiger partial charge in [-0.1, -0.05) is 6.08 Å². The van der Waals surface area contributed by atoms with Crippen molar-refractivity contribution < 1.29 is 27.8 Å². The van der Waals surface area contributed by atoms with E-state index in [2.05, 4.69) is 16.3 Å². The highest BCUT2D eigenvalue weighted by Gasteiger charge is 2.31. The van der Waals surface area contributed by atoms with E-state index in [1.165, 1.54) is 35.2 Å². The van der Waals surface area contributed by atoms with Crippen molar-refractivity contribution in [1.29, 1.82) is 0 Å². The maximum absolute atomic E-state index is 12.3. The Bertz CT molecular complexity index is 710. The van der Waals surface area contributed by atoms with Gasteiger partial charge in [0.05, 0.1) is 6.61 Å². The second kappa shape index (κ2) is 6.74. The number of benzene rings is 1. The lowest BCUT2D eigenvalue weighted by Crippen LogP contribution is -2.33. The van der Waals surface area contributed by atoms with E-state index in [4.69, 9.17) is 5.11 Å². The maximum Gasteiger partial charge on any atom is 0.573 e. The molecule has 2 N–H and O–H groups in total. The largest absolute Gasteiger partial charge is 0.573 e. The Hall–Kier alpha value is -2.48. The molecule has 2 rings (SSSR count). The molecule has 0 spiro atoms. The first-order valence-electron chi connectivity index (χ1n) is 6.73. The number of aliphatic hydroxyl groups excluding tert-OH is 1. The summed E-state index contributed by atoms with van der Waals surface area (Å²) in [6.45, 7) is 3.71. The van der Waals surface area contributed by atoms with Crippen molar-refractivity contribution >= 4 is 16.8 Å². The Morgan fingerprint density at radius 1 is 1.39 bits per heavy atom. The van der Waals surface area contributed by atoms with E-state index in [-0.39, 0.29) is 37.0 Å². The Kier molecular flexibility index (Phi) is 4.95. The van der Waals surface area contributed by atoms with Gasteiger partial charge in [-0.3, -0.25) is 4.79 Å². The molecule has 0 aliphatic carbocycles. The minimum absolute atomic E-state index is 0.128. The molecule has 0 radical (unpaired) electrons. The highest BCUT2D eigenvalue weighted by atomic mass is 19.4. The van der Waals surface area contributed by atoms with Crippen LogP contribution >= 0.6 is 0 Å². The van der Waals surface area contributed by atoms with Crippen molar-refractivity contribution in [2.24, 2.45) is 0 Å². The number of hydrogen-bond acceptors (Lipinski definition) is 3. The molecule has 1 heterocycles. The first kappa shape index (κ1) is 16.9. The summed E-state index contributed by atoms with van der Waals surface area (Å²) in [5.41, 5.74) is 0.553. The number of amides is 1. The van der Waals surface area contributed by atoms with Gasteiger partial charge in [0.15, 0.2) is 0 Å². The molecule has 1 aromatic carbocycles. The van der Waals surface area contributed by atoms with E-state index >= 15 is 0 Å². The molecule has 2 aromatic rings. The molecule has 0 aliphatic heterocycles. The Balaban J connectivity index is 2.28. The number of nitrogens with zero attached hydrogens (tertiary/aromatic N) is 1. The third-order valence-electron chi connectivity index (χ3n) is 3.06. The molecule has 0 fully saturated rings. The Morgan fingerprint density at radius 2 is 2.13 bits per heavy atom. The summed E-state index contributed by atoms with van der Waals surface area (Å²) < 4.78 is 40.5. The quantitative estimate of drug-likeness (QED) is 0.801. The van der Waals surface area contributed by atoms with Crippen LogP contribution < -0.4 is 4.74 Å².